The maximum atomic E-state index is 12.7. The number of carbonyl (C=O) groups excluding carboxylic acids is 1. The molecule has 1 saturated heterocycles. The maximum absolute atomic E-state index is 12.7. The van der Waals surface area contributed by atoms with Gasteiger partial charge in [0.15, 0.2) is 11.5 Å². The molecule has 3 aromatic rings. The van der Waals surface area contributed by atoms with Crippen LogP contribution in [-0.4, -0.2) is 55.9 Å². The topological polar surface area (TPSA) is 70.6 Å². The molecule has 1 N–H and O–H groups in total. The lowest BCUT2D eigenvalue weighted by Gasteiger charge is -2.37. The lowest BCUT2D eigenvalue weighted by Crippen LogP contribution is -2.47. The summed E-state index contributed by atoms with van der Waals surface area (Å²) in [6.45, 7) is 4.16. The van der Waals surface area contributed by atoms with Gasteiger partial charge in [0.1, 0.15) is 5.75 Å². The predicted molar refractivity (Wildman–Crippen MR) is 122 cm³/mol. The van der Waals surface area contributed by atoms with Crippen LogP contribution in [0.25, 0.3) is 10.8 Å². The van der Waals surface area contributed by atoms with E-state index in [-0.39, 0.29) is 5.91 Å². The van der Waals surface area contributed by atoms with Crippen LogP contribution in [0.5, 0.6) is 5.75 Å². The normalized spacial score (nSPS) is 16.4. The molecule has 0 radical (unpaired) electrons. The smallest absolute Gasteiger partial charge is 0.272 e. The monoisotopic (exact) mass is 417 g/mol. The van der Waals surface area contributed by atoms with Crippen molar-refractivity contribution < 1.29 is 9.53 Å². The first-order chi connectivity index (χ1) is 15.2. The second kappa shape index (κ2) is 8.41. The summed E-state index contributed by atoms with van der Waals surface area (Å²) in [6.07, 6.45) is 2.40. The number of anilines is 2. The fraction of sp³-hybridized carbons (Fsp3) is 0.375. The number of hydrogen-bond donors (Lipinski definition) is 1. The van der Waals surface area contributed by atoms with Gasteiger partial charge in [0.05, 0.1) is 7.11 Å². The summed E-state index contributed by atoms with van der Waals surface area (Å²) in [4.78, 5) is 17.3. The third kappa shape index (κ3) is 4.13. The fourth-order valence-corrected chi connectivity index (χ4v) is 4.12. The summed E-state index contributed by atoms with van der Waals surface area (Å²) in [5, 5.41) is 13.7. The molecule has 2 fully saturated rings. The van der Waals surface area contributed by atoms with Crippen molar-refractivity contribution in [2.24, 2.45) is 5.92 Å². The van der Waals surface area contributed by atoms with E-state index in [0.29, 0.717) is 11.6 Å². The molecule has 2 aliphatic rings. The molecule has 1 aromatic heterocycles. The Bertz CT molecular complexity index is 1090. The maximum Gasteiger partial charge on any atom is 0.272 e. The number of methoxy groups -OCH3 is 1. The number of piperazine rings is 1. The van der Waals surface area contributed by atoms with Gasteiger partial charge < -0.3 is 19.9 Å². The molecule has 0 unspecified atom stereocenters. The van der Waals surface area contributed by atoms with Crippen LogP contribution in [0.3, 0.4) is 0 Å². The molecule has 0 atom stereocenters. The molecule has 1 aliphatic heterocycles. The van der Waals surface area contributed by atoms with Crippen molar-refractivity contribution in [1.82, 2.24) is 15.5 Å². The minimum absolute atomic E-state index is 0.134. The van der Waals surface area contributed by atoms with Gasteiger partial charge in [-0.05, 0) is 30.9 Å². The van der Waals surface area contributed by atoms with E-state index in [1.807, 2.05) is 36.4 Å². The van der Waals surface area contributed by atoms with E-state index >= 15 is 0 Å². The highest BCUT2D eigenvalue weighted by molar-refractivity contribution is 6.07. The molecule has 2 aromatic carbocycles. The number of ether oxygens (including phenoxy) is 1. The quantitative estimate of drug-likeness (QED) is 0.665. The molecule has 0 bridgehead atoms. The molecule has 160 valence electrons. The van der Waals surface area contributed by atoms with Crippen molar-refractivity contribution in [2.75, 3.05) is 49.6 Å². The second-order valence-electron chi connectivity index (χ2n) is 8.25. The third-order valence-electron chi connectivity index (χ3n) is 6.13. The van der Waals surface area contributed by atoms with Crippen LogP contribution in [-0.2, 0) is 0 Å². The molecular formula is C24H27N5O2. The van der Waals surface area contributed by atoms with Crippen LogP contribution in [0.4, 0.5) is 11.5 Å². The number of aromatic nitrogens is 2. The first kappa shape index (κ1) is 19.6. The Morgan fingerprint density at radius 1 is 1.00 bits per heavy atom. The van der Waals surface area contributed by atoms with Gasteiger partial charge in [0.25, 0.3) is 5.91 Å². The van der Waals surface area contributed by atoms with Crippen LogP contribution in [0.1, 0.15) is 23.3 Å². The first-order valence-corrected chi connectivity index (χ1v) is 10.9. The van der Waals surface area contributed by atoms with Gasteiger partial charge >= 0.3 is 0 Å². The molecule has 5 rings (SSSR count). The van der Waals surface area contributed by atoms with Gasteiger partial charge in [-0.3, -0.25) is 4.79 Å². The lowest BCUT2D eigenvalue weighted by atomic mass is 10.1. The molecule has 31 heavy (non-hydrogen) atoms. The number of rotatable bonds is 6. The highest BCUT2D eigenvalue weighted by Crippen LogP contribution is 2.30. The summed E-state index contributed by atoms with van der Waals surface area (Å²) in [5.74, 6) is 2.21. The van der Waals surface area contributed by atoms with Gasteiger partial charge in [0.2, 0.25) is 0 Å². The summed E-state index contributed by atoms with van der Waals surface area (Å²) in [6, 6.07) is 16.1. The number of nitrogens with one attached hydrogen (secondary N) is 1. The average Bonchev–Trinajstić information content (AvgIpc) is 3.67. The predicted octanol–water partition coefficient (Wildman–Crippen LogP) is 3.10. The van der Waals surface area contributed by atoms with Crippen molar-refractivity contribution in [3.8, 4) is 5.75 Å². The van der Waals surface area contributed by atoms with Crippen molar-refractivity contribution >= 4 is 28.2 Å². The van der Waals surface area contributed by atoms with Crippen molar-refractivity contribution in [1.29, 1.82) is 0 Å². The lowest BCUT2D eigenvalue weighted by molar-refractivity contribution is 0.0947. The van der Waals surface area contributed by atoms with E-state index < -0.39 is 0 Å². The third-order valence-corrected chi connectivity index (χ3v) is 6.13. The van der Waals surface area contributed by atoms with Gasteiger partial charge in [0, 0.05) is 55.2 Å². The van der Waals surface area contributed by atoms with Crippen molar-refractivity contribution in [2.45, 2.75) is 12.8 Å². The van der Waals surface area contributed by atoms with Crippen LogP contribution in [0.2, 0.25) is 0 Å². The van der Waals surface area contributed by atoms with Gasteiger partial charge in [-0.2, -0.15) is 0 Å². The molecule has 7 heteroatoms. The van der Waals surface area contributed by atoms with Crippen LogP contribution >= 0.6 is 0 Å². The molecule has 2 heterocycles. The van der Waals surface area contributed by atoms with Crippen LogP contribution < -0.4 is 19.9 Å². The largest absolute Gasteiger partial charge is 0.497 e. The molecular weight excluding hydrogens is 390 g/mol. The Morgan fingerprint density at radius 3 is 2.48 bits per heavy atom. The van der Waals surface area contributed by atoms with Gasteiger partial charge in [-0.15, -0.1) is 10.2 Å². The van der Waals surface area contributed by atoms with Crippen LogP contribution in [0, 0.1) is 5.92 Å². The summed E-state index contributed by atoms with van der Waals surface area (Å²) in [5.41, 5.74) is 1.58. The van der Waals surface area contributed by atoms with Crippen molar-refractivity contribution in [3.05, 3.63) is 54.2 Å². The first-order valence-electron chi connectivity index (χ1n) is 10.9. The van der Waals surface area contributed by atoms with E-state index in [9.17, 15) is 4.79 Å². The Morgan fingerprint density at radius 2 is 1.74 bits per heavy atom. The summed E-state index contributed by atoms with van der Waals surface area (Å²) < 4.78 is 5.36. The van der Waals surface area contributed by atoms with Crippen molar-refractivity contribution in [3.63, 3.8) is 0 Å². The summed E-state index contributed by atoms with van der Waals surface area (Å²) in [7, 11) is 1.69. The zero-order chi connectivity index (χ0) is 21.2. The molecule has 1 amide bonds. The van der Waals surface area contributed by atoms with E-state index in [2.05, 4.69) is 37.4 Å². The SMILES string of the molecule is COc1cccc(N2CCN(c3nnc(C(=O)NCC4CC4)c4ccccc34)CC2)c1. The average molecular weight is 418 g/mol. The Labute approximate surface area is 182 Å². The number of carbonyl (C=O) groups is 1. The van der Waals surface area contributed by atoms with Crippen LogP contribution in [0.15, 0.2) is 48.5 Å². The van der Waals surface area contributed by atoms with E-state index in [4.69, 9.17) is 4.74 Å². The number of benzene rings is 2. The number of nitrogens with zero attached hydrogens (tertiary/aromatic N) is 4. The Balaban J connectivity index is 1.34. The number of fused-ring (bicyclic) bond motifs is 1. The molecule has 1 saturated carbocycles. The van der Waals surface area contributed by atoms with E-state index in [1.54, 1.807) is 7.11 Å². The zero-order valence-corrected chi connectivity index (χ0v) is 17.8. The highest BCUT2D eigenvalue weighted by Gasteiger charge is 2.25. The second-order valence-corrected chi connectivity index (χ2v) is 8.25. The van der Waals surface area contributed by atoms with Gasteiger partial charge in [-0.25, -0.2) is 0 Å². The minimum Gasteiger partial charge on any atom is -0.497 e. The number of amides is 1. The van der Waals surface area contributed by atoms with Gasteiger partial charge in [-0.1, -0.05) is 30.3 Å². The Hall–Kier alpha value is -3.35. The Kier molecular flexibility index (Phi) is 5.32. The summed E-state index contributed by atoms with van der Waals surface area (Å²) >= 11 is 0. The molecule has 0 spiro atoms. The molecule has 7 nitrogen and oxygen atoms in total. The number of hydrogen-bond acceptors (Lipinski definition) is 6. The highest BCUT2D eigenvalue weighted by atomic mass is 16.5. The molecule has 1 aliphatic carbocycles. The van der Waals surface area contributed by atoms with E-state index in [1.165, 1.54) is 12.8 Å². The standard InChI is InChI=1S/C24H27N5O2/c1-31-19-6-4-5-18(15-19)28-11-13-29(14-12-28)23-21-8-3-2-7-20(21)22(26-27-23)24(30)25-16-17-9-10-17/h2-8,15,17H,9-14,16H2,1H3,(H,25,30). The minimum atomic E-state index is -0.134. The fourth-order valence-electron chi connectivity index (χ4n) is 4.12. The zero-order valence-electron chi connectivity index (χ0n) is 17.8. The van der Waals surface area contributed by atoms with E-state index in [0.717, 1.165) is 60.8 Å².